The highest BCUT2D eigenvalue weighted by Gasteiger charge is 2.12. The largest absolute Gasteiger partial charge is 0.504 e. The van der Waals surface area contributed by atoms with Crippen molar-refractivity contribution >= 4 is 10.1 Å². The first kappa shape index (κ1) is 22.2. The van der Waals surface area contributed by atoms with Gasteiger partial charge in [-0.25, -0.2) is 0 Å². The summed E-state index contributed by atoms with van der Waals surface area (Å²) in [5.74, 6) is 0.840. The summed E-state index contributed by atoms with van der Waals surface area (Å²) >= 11 is 0. The topological polar surface area (TPSA) is 83.8 Å². The van der Waals surface area contributed by atoms with Crippen molar-refractivity contribution < 1.29 is 22.8 Å². The lowest BCUT2D eigenvalue weighted by Crippen LogP contribution is -1.98. The fraction of sp³-hybridized carbons (Fsp3) is 0.455. The molecule has 0 radical (unpaired) electrons. The lowest BCUT2D eigenvalue weighted by molar-refractivity contribution is 0.406. The lowest BCUT2D eigenvalue weighted by Gasteiger charge is -2.13. The Morgan fingerprint density at radius 3 is 2.07 bits per heavy atom. The summed E-state index contributed by atoms with van der Waals surface area (Å²) in [6.45, 7) is 2.22. The monoisotopic (exact) mass is 406 g/mol. The minimum atomic E-state index is -4.24. The van der Waals surface area contributed by atoms with Crippen LogP contribution in [0.15, 0.2) is 47.4 Å². The van der Waals surface area contributed by atoms with Gasteiger partial charge in [-0.05, 0) is 48.7 Å². The quantitative estimate of drug-likeness (QED) is 0.328. The molecule has 0 aromatic heterocycles. The molecule has 154 valence electrons. The summed E-state index contributed by atoms with van der Waals surface area (Å²) in [4.78, 5) is -0.198. The standard InChI is InChI=1S/C22H30O5S/c1-2-3-4-5-6-7-8-9-11-18-12-10-13-21(23)22(18)27-19-14-16-20(17-15-19)28(24,25)26/h10,12-17,23H,2-9,11H2,1H3,(H,24,25,26). The molecule has 0 fully saturated rings. The Labute approximate surface area is 168 Å². The second-order valence-electron chi connectivity index (χ2n) is 7.04. The molecule has 2 aromatic carbocycles. The van der Waals surface area contributed by atoms with Gasteiger partial charge < -0.3 is 9.84 Å². The van der Waals surface area contributed by atoms with Crippen molar-refractivity contribution in [3.8, 4) is 17.2 Å². The van der Waals surface area contributed by atoms with Gasteiger partial charge in [0.15, 0.2) is 11.5 Å². The predicted octanol–water partition coefficient (Wildman–Crippen LogP) is 6.11. The van der Waals surface area contributed by atoms with Gasteiger partial charge in [-0.1, -0.05) is 64.0 Å². The van der Waals surface area contributed by atoms with E-state index in [9.17, 15) is 13.5 Å². The van der Waals surface area contributed by atoms with Gasteiger partial charge >= 0.3 is 0 Å². The molecule has 2 aromatic rings. The molecule has 0 saturated heterocycles. The molecule has 0 unspecified atom stereocenters. The number of aryl methyl sites for hydroxylation is 1. The maximum Gasteiger partial charge on any atom is 0.294 e. The number of hydrogen-bond donors (Lipinski definition) is 2. The molecule has 0 saturated carbocycles. The summed E-state index contributed by atoms with van der Waals surface area (Å²) in [6, 6.07) is 10.7. The zero-order valence-corrected chi connectivity index (χ0v) is 17.2. The van der Waals surface area contributed by atoms with Crippen LogP contribution in [-0.2, 0) is 16.5 Å². The van der Waals surface area contributed by atoms with E-state index in [4.69, 9.17) is 9.29 Å². The molecule has 2 rings (SSSR count). The number of phenolic OH excluding ortho intramolecular Hbond substituents is 1. The molecule has 0 heterocycles. The first-order valence-electron chi connectivity index (χ1n) is 9.98. The Hall–Kier alpha value is -2.05. The van der Waals surface area contributed by atoms with Crippen LogP contribution in [0.5, 0.6) is 17.2 Å². The molecule has 0 atom stereocenters. The van der Waals surface area contributed by atoms with Gasteiger partial charge in [-0.15, -0.1) is 0 Å². The zero-order chi connectivity index (χ0) is 20.4. The molecule has 0 aliphatic carbocycles. The van der Waals surface area contributed by atoms with E-state index in [1.807, 2.05) is 6.07 Å². The van der Waals surface area contributed by atoms with Crippen molar-refractivity contribution in [2.75, 3.05) is 0 Å². The second kappa shape index (κ2) is 11.1. The summed E-state index contributed by atoms with van der Waals surface area (Å²) in [6.07, 6.45) is 10.7. The van der Waals surface area contributed by atoms with E-state index in [1.165, 1.54) is 62.8 Å². The fourth-order valence-electron chi connectivity index (χ4n) is 3.13. The first-order chi connectivity index (χ1) is 13.4. The number of phenols is 1. The van der Waals surface area contributed by atoms with Crippen LogP contribution in [0.4, 0.5) is 0 Å². The van der Waals surface area contributed by atoms with Gasteiger partial charge in [-0.2, -0.15) is 8.42 Å². The van der Waals surface area contributed by atoms with Crippen LogP contribution < -0.4 is 4.74 Å². The van der Waals surface area contributed by atoms with E-state index in [0.717, 1.165) is 24.8 Å². The first-order valence-corrected chi connectivity index (χ1v) is 11.4. The van der Waals surface area contributed by atoms with E-state index in [0.29, 0.717) is 11.5 Å². The SMILES string of the molecule is CCCCCCCCCCc1cccc(O)c1Oc1ccc(S(=O)(=O)O)cc1. The highest BCUT2D eigenvalue weighted by atomic mass is 32.2. The Morgan fingerprint density at radius 1 is 0.857 bits per heavy atom. The van der Waals surface area contributed by atoms with Crippen molar-refractivity contribution in [3.63, 3.8) is 0 Å². The number of ether oxygens (including phenoxy) is 1. The number of rotatable bonds is 12. The molecule has 2 N–H and O–H groups in total. The molecule has 6 heteroatoms. The Bertz CT molecular complexity index is 829. The van der Waals surface area contributed by atoms with E-state index in [1.54, 1.807) is 12.1 Å². The number of benzene rings is 2. The fourth-order valence-corrected chi connectivity index (χ4v) is 3.61. The molecular formula is C22H30O5S. The molecule has 0 bridgehead atoms. The van der Waals surface area contributed by atoms with Gasteiger partial charge in [-0.3, -0.25) is 4.55 Å². The Balaban J connectivity index is 1.92. The van der Waals surface area contributed by atoms with Gasteiger partial charge in [0.25, 0.3) is 10.1 Å². The van der Waals surface area contributed by atoms with Crippen molar-refractivity contribution in [2.24, 2.45) is 0 Å². The third-order valence-electron chi connectivity index (χ3n) is 4.72. The number of hydrogen-bond acceptors (Lipinski definition) is 4. The third kappa shape index (κ3) is 7.17. The summed E-state index contributed by atoms with van der Waals surface area (Å²) in [5, 5.41) is 10.2. The smallest absolute Gasteiger partial charge is 0.294 e. The third-order valence-corrected chi connectivity index (χ3v) is 5.58. The average Bonchev–Trinajstić information content (AvgIpc) is 2.66. The van der Waals surface area contributed by atoms with E-state index >= 15 is 0 Å². The van der Waals surface area contributed by atoms with Crippen molar-refractivity contribution in [1.82, 2.24) is 0 Å². The highest BCUT2D eigenvalue weighted by Crippen LogP contribution is 2.35. The predicted molar refractivity (Wildman–Crippen MR) is 111 cm³/mol. The van der Waals surface area contributed by atoms with Crippen LogP contribution in [0.1, 0.15) is 63.9 Å². The summed E-state index contributed by atoms with van der Waals surface area (Å²) in [7, 11) is -4.24. The molecule has 5 nitrogen and oxygen atoms in total. The van der Waals surface area contributed by atoms with Crippen LogP contribution in [0.25, 0.3) is 0 Å². The van der Waals surface area contributed by atoms with Crippen LogP contribution in [-0.4, -0.2) is 18.1 Å². The minimum Gasteiger partial charge on any atom is -0.504 e. The van der Waals surface area contributed by atoms with Crippen molar-refractivity contribution in [3.05, 3.63) is 48.0 Å². The van der Waals surface area contributed by atoms with Gasteiger partial charge in [0, 0.05) is 0 Å². The van der Waals surface area contributed by atoms with E-state index in [-0.39, 0.29) is 10.6 Å². The van der Waals surface area contributed by atoms with Crippen LogP contribution in [0, 0.1) is 0 Å². The number of para-hydroxylation sites is 1. The molecule has 28 heavy (non-hydrogen) atoms. The molecule has 0 spiro atoms. The molecular weight excluding hydrogens is 376 g/mol. The molecule has 0 aliphatic heterocycles. The van der Waals surface area contributed by atoms with Crippen molar-refractivity contribution in [1.29, 1.82) is 0 Å². The lowest BCUT2D eigenvalue weighted by atomic mass is 10.0. The molecule has 0 amide bonds. The van der Waals surface area contributed by atoms with Crippen molar-refractivity contribution in [2.45, 2.75) is 69.6 Å². The van der Waals surface area contributed by atoms with Crippen LogP contribution in [0.2, 0.25) is 0 Å². The Morgan fingerprint density at radius 2 is 1.46 bits per heavy atom. The Kier molecular flexibility index (Phi) is 8.80. The van der Waals surface area contributed by atoms with Gasteiger partial charge in [0.2, 0.25) is 0 Å². The van der Waals surface area contributed by atoms with E-state index in [2.05, 4.69) is 6.92 Å². The normalized spacial score (nSPS) is 11.5. The minimum absolute atomic E-state index is 0.0518. The number of aromatic hydroxyl groups is 1. The van der Waals surface area contributed by atoms with Gasteiger partial charge in [0.1, 0.15) is 5.75 Å². The average molecular weight is 407 g/mol. The van der Waals surface area contributed by atoms with Crippen LogP contribution in [0.3, 0.4) is 0 Å². The highest BCUT2D eigenvalue weighted by molar-refractivity contribution is 7.85. The summed E-state index contributed by atoms with van der Waals surface area (Å²) in [5.41, 5.74) is 0.921. The maximum atomic E-state index is 11.1. The maximum absolute atomic E-state index is 11.1. The number of unbranched alkanes of at least 4 members (excludes halogenated alkanes) is 7. The van der Waals surface area contributed by atoms with E-state index < -0.39 is 10.1 Å². The summed E-state index contributed by atoms with van der Waals surface area (Å²) < 4.78 is 37.1. The molecule has 0 aliphatic rings. The second-order valence-corrected chi connectivity index (χ2v) is 8.46. The zero-order valence-electron chi connectivity index (χ0n) is 16.4. The van der Waals surface area contributed by atoms with Crippen LogP contribution >= 0.6 is 0 Å². The van der Waals surface area contributed by atoms with Gasteiger partial charge in [0.05, 0.1) is 4.90 Å².